The van der Waals surface area contributed by atoms with Gasteiger partial charge in [-0.2, -0.15) is 10.2 Å². The van der Waals surface area contributed by atoms with Crippen LogP contribution in [-0.2, 0) is 6.54 Å². The Balaban J connectivity index is 1.08. The fourth-order valence-corrected chi connectivity index (χ4v) is 5.15. The smallest absolute Gasteiger partial charge is 0.251 e. The first-order valence-corrected chi connectivity index (χ1v) is 12.1. The van der Waals surface area contributed by atoms with Gasteiger partial charge in [-0.05, 0) is 55.4 Å². The Morgan fingerprint density at radius 3 is 2.69 bits per heavy atom. The van der Waals surface area contributed by atoms with Crippen molar-refractivity contribution in [3.8, 4) is 22.8 Å². The molecule has 0 unspecified atom stereocenters. The number of nitrogens with zero attached hydrogens (tertiary/aromatic N) is 4. The maximum Gasteiger partial charge on any atom is 0.251 e. The molecular formula is C26H25F2N5O3. The molecule has 10 heteroatoms. The molecule has 4 aromatic rings. The summed E-state index contributed by atoms with van der Waals surface area (Å²) >= 11 is 0. The summed E-state index contributed by atoms with van der Waals surface area (Å²) < 4.78 is 36.7. The quantitative estimate of drug-likeness (QED) is 0.429. The van der Waals surface area contributed by atoms with Gasteiger partial charge in [0.25, 0.3) is 5.91 Å². The number of carbonyl (C=O) groups excluding carboxylic acids is 1. The monoisotopic (exact) mass is 493 g/mol. The second-order valence-corrected chi connectivity index (χ2v) is 9.49. The minimum atomic E-state index is -1.15. The van der Waals surface area contributed by atoms with Crippen LogP contribution in [0.3, 0.4) is 0 Å². The fourth-order valence-electron chi connectivity index (χ4n) is 5.15. The van der Waals surface area contributed by atoms with Gasteiger partial charge in [0.05, 0.1) is 29.9 Å². The molecule has 2 N–H and O–H groups in total. The largest absolute Gasteiger partial charge is 0.503 e. The van der Waals surface area contributed by atoms with E-state index in [1.54, 1.807) is 0 Å². The molecule has 3 heterocycles. The number of hydrogen-bond acceptors (Lipinski definition) is 5. The van der Waals surface area contributed by atoms with Crippen molar-refractivity contribution in [3.63, 3.8) is 0 Å². The highest BCUT2D eigenvalue weighted by Crippen LogP contribution is 2.36. The third-order valence-electron chi connectivity index (χ3n) is 7.19. The van der Waals surface area contributed by atoms with Gasteiger partial charge in [-0.1, -0.05) is 12.1 Å². The zero-order chi connectivity index (χ0) is 24.8. The highest BCUT2D eigenvalue weighted by Gasteiger charge is 2.25. The molecule has 1 aliphatic heterocycles. The number of phenols is 1. The standard InChI is InChI=1S/C26H25F2N5O3/c27-21-9-18(10-22(28)24(21)34)25(35)29-12-15-1-5-19(6-2-15)33-14-17-4-3-16(11-23(17)31-33)20-13-30-32-7-8-36-26(20)32/h3-4,9-11,13-15,19,34H,1-2,5-8,12H2,(H,29,35)/t15-,19-. The first-order valence-electron chi connectivity index (χ1n) is 12.1. The number of benzene rings is 2. The van der Waals surface area contributed by atoms with E-state index in [1.165, 1.54) is 0 Å². The summed E-state index contributed by atoms with van der Waals surface area (Å²) in [4.78, 5) is 12.3. The van der Waals surface area contributed by atoms with Crippen LogP contribution in [0.1, 0.15) is 42.1 Å². The van der Waals surface area contributed by atoms with E-state index < -0.39 is 23.3 Å². The molecule has 1 fully saturated rings. The molecule has 0 spiro atoms. The molecule has 2 aromatic heterocycles. The van der Waals surface area contributed by atoms with E-state index in [2.05, 4.69) is 34.8 Å². The lowest BCUT2D eigenvalue weighted by Gasteiger charge is -2.28. The maximum absolute atomic E-state index is 13.5. The molecule has 0 saturated heterocycles. The molecule has 1 aliphatic carbocycles. The number of aromatic nitrogens is 4. The molecule has 186 valence electrons. The van der Waals surface area contributed by atoms with E-state index >= 15 is 0 Å². The summed E-state index contributed by atoms with van der Waals surface area (Å²) in [5.41, 5.74) is 2.79. The summed E-state index contributed by atoms with van der Waals surface area (Å²) in [6, 6.07) is 8.17. The van der Waals surface area contributed by atoms with E-state index in [4.69, 9.17) is 9.84 Å². The van der Waals surface area contributed by atoms with E-state index in [9.17, 15) is 18.7 Å². The van der Waals surface area contributed by atoms with Gasteiger partial charge in [0.15, 0.2) is 17.4 Å². The predicted octanol–water partition coefficient (Wildman–Crippen LogP) is 4.44. The van der Waals surface area contributed by atoms with Gasteiger partial charge in [-0.3, -0.25) is 9.48 Å². The number of phenolic OH excluding ortho intramolecular Hbond substituents is 1. The molecule has 1 saturated carbocycles. The van der Waals surface area contributed by atoms with E-state index in [0.717, 1.165) is 72.3 Å². The van der Waals surface area contributed by atoms with Crippen LogP contribution in [0.4, 0.5) is 8.78 Å². The van der Waals surface area contributed by atoms with Crippen molar-refractivity contribution in [3.05, 3.63) is 59.9 Å². The summed E-state index contributed by atoms with van der Waals surface area (Å²) in [7, 11) is 0. The molecule has 8 nitrogen and oxygen atoms in total. The number of aromatic hydroxyl groups is 1. The Hall–Kier alpha value is -3.95. The number of ether oxygens (including phenoxy) is 1. The minimum Gasteiger partial charge on any atom is -0.503 e. The molecule has 0 radical (unpaired) electrons. The second-order valence-electron chi connectivity index (χ2n) is 9.49. The van der Waals surface area contributed by atoms with Gasteiger partial charge in [0.2, 0.25) is 5.88 Å². The van der Waals surface area contributed by atoms with Crippen LogP contribution in [0.5, 0.6) is 11.6 Å². The molecular weight excluding hydrogens is 468 g/mol. The average molecular weight is 494 g/mol. The first kappa shape index (κ1) is 22.5. The van der Waals surface area contributed by atoms with Crippen molar-refractivity contribution in [2.45, 2.75) is 38.3 Å². The highest BCUT2D eigenvalue weighted by atomic mass is 19.1. The van der Waals surface area contributed by atoms with Crippen molar-refractivity contribution in [2.24, 2.45) is 5.92 Å². The fraction of sp³-hybridized carbons (Fsp3) is 0.346. The zero-order valence-corrected chi connectivity index (χ0v) is 19.5. The van der Waals surface area contributed by atoms with Crippen LogP contribution < -0.4 is 10.1 Å². The second kappa shape index (κ2) is 8.92. The summed E-state index contributed by atoms with van der Waals surface area (Å²) in [5.74, 6) is -2.85. The number of amides is 1. The highest BCUT2D eigenvalue weighted by molar-refractivity contribution is 5.94. The van der Waals surface area contributed by atoms with Gasteiger partial charge in [0, 0.05) is 23.7 Å². The lowest BCUT2D eigenvalue weighted by molar-refractivity contribution is 0.0940. The Bertz CT molecular complexity index is 1430. The summed E-state index contributed by atoms with van der Waals surface area (Å²) in [6.45, 7) is 1.85. The topological polar surface area (TPSA) is 94.2 Å². The van der Waals surface area contributed by atoms with Gasteiger partial charge >= 0.3 is 0 Å². The molecule has 0 bridgehead atoms. The molecule has 0 atom stereocenters. The van der Waals surface area contributed by atoms with Gasteiger partial charge in [0.1, 0.15) is 6.61 Å². The maximum atomic E-state index is 13.5. The number of carbonyl (C=O) groups is 1. The van der Waals surface area contributed by atoms with Gasteiger partial charge in [-0.25, -0.2) is 13.5 Å². The van der Waals surface area contributed by atoms with E-state index in [1.807, 2.05) is 15.6 Å². The van der Waals surface area contributed by atoms with Crippen LogP contribution in [0.25, 0.3) is 22.0 Å². The molecule has 1 amide bonds. The normalized spacial score (nSPS) is 19.3. The first-order chi connectivity index (χ1) is 17.5. The number of hydrogen-bond donors (Lipinski definition) is 2. The van der Waals surface area contributed by atoms with Crippen LogP contribution in [0.15, 0.2) is 42.7 Å². The predicted molar refractivity (Wildman–Crippen MR) is 128 cm³/mol. The minimum absolute atomic E-state index is 0.147. The molecule has 2 aromatic carbocycles. The van der Waals surface area contributed by atoms with Crippen molar-refractivity contribution >= 4 is 16.8 Å². The van der Waals surface area contributed by atoms with Crippen LogP contribution >= 0.6 is 0 Å². The number of fused-ring (bicyclic) bond motifs is 2. The third kappa shape index (κ3) is 4.06. The Labute approximate surface area is 205 Å². The van der Waals surface area contributed by atoms with Crippen molar-refractivity contribution in [2.75, 3.05) is 13.2 Å². The molecule has 36 heavy (non-hydrogen) atoms. The molecule has 6 rings (SSSR count). The van der Waals surface area contributed by atoms with Crippen molar-refractivity contribution < 1.29 is 23.4 Å². The lowest BCUT2D eigenvalue weighted by atomic mass is 9.86. The van der Waals surface area contributed by atoms with Crippen molar-refractivity contribution in [1.29, 1.82) is 0 Å². The van der Waals surface area contributed by atoms with Crippen LogP contribution in [-0.4, -0.2) is 43.7 Å². The zero-order valence-electron chi connectivity index (χ0n) is 19.5. The SMILES string of the molecule is O=C(NC[C@H]1CC[C@H](n2cc3ccc(-c4cnn5c4OCC5)cc3n2)CC1)c1cc(F)c(O)c(F)c1. The lowest BCUT2D eigenvalue weighted by Crippen LogP contribution is -2.31. The third-order valence-corrected chi connectivity index (χ3v) is 7.19. The number of rotatable bonds is 5. The number of nitrogens with one attached hydrogen (secondary N) is 1. The Morgan fingerprint density at radius 2 is 1.92 bits per heavy atom. The van der Waals surface area contributed by atoms with Crippen molar-refractivity contribution in [1.82, 2.24) is 24.9 Å². The summed E-state index contributed by atoms with van der Waals surface area (Å²) in [6.07, 6.45) is 7.58. The van der Waals surface area contributed by atoms with Crippen LogP contribution in [0, 0.1) is 17.6 Å². The molecule has 2 aliphatic rings. The Kier molecular flexibility index (Phi) is 5.58. The van der Waals surface area contributed by atoms with Gasteiger partial charge < -0.3 is 15.2 Å². The van der Waals surface area contributed by atoms with E-state index in [-0.39, 0.29) is 17.5 Å². The Morgan fingerprint density at radius 1 is 1.14 bits per heavy atom. The number of halogens is 2. The van der Waals surface area contributed by atoms with E-state index in [0.29, 0.717) is 13.2 Å². The average Bonchev–Trinajstić information content (AvgIpc) is 3.61. The van der Waals surface area contributed by atoms with Crippen LogP contribution in [0.2, 0.25) is 0 Å². The van der Waals surface area contributed by atoms with Gasteiger partial charge in [-0.15, -0.1) is 0 Å². The summed E-state index contributed by atoms with van der Waals surface area (Å²) in [5, 5.41) is 22.3.